The minimum absolute atomic E-state index is 0.0759. The van der Waals surface area contributed by atoms with Gasteiger partial charge in [-0.3, -0.25) is 24.1 Å². The molecular formula is C47H57N7O6. The molecule has 60 heavy (non-hydrogen) atoms. The number of anilines is 3. The van der Waals surface area contributed by atoms with Crippen LogP contribution in [0.25, 0.3) is 0 Å². The smallest absolute Gasteiger partial charge is 0.404 e. The number of likely N-dealkylation sites (tertiary alicyclic amines) is 2. The zero-order valence-electron chi connectivity index (χ0n) is 35.1. The Labute approximate surface area is 352 Å². The number of hydrogen-bond acceptors (Lipinski definition) is 7. The molecule has 0 aliphatic carbocycles. The monoisotopic (exact) mass is 815 g/mol. The van der Waals surface area contributed by atoms with Crippen LogP contribution in [0, 0.1) is 5.41 Å². The first-order valence-electron chi connectivity index (χ1n) is 20.6. The van der Waals surface area contributed by atoms with E-state index in [1.807, 2.05) is 116 Å². The number of amides is 5. The first-order chi connectivity index (χ1) is 28.7. The van der Waals surface area contributed by atoms with Crippen LogP contribution in [0.5, 0.6) is 0 Å². The Morgan fingerprint density at radius 2 is 1.17 bits per heavy atom. The van der Waals surface area contributed by atoms with Crippen molar-refractivity contribution in [1.29, 1.82) is 0 Å². The van der Waals surface area contributed by atoms with E-state index in [0.29, 0.717) is 56.8 Å². The van der Waals surface area contributed by atoms with Crippen molar-refractivity contribution in [3.63, 3.8) is 0 Å². The molecule has 2 aliphatic heterocycles. The van der Waals surface area contributed by atoms with E-state index in [0.717, 1.165) is 28.8 Å². The lowest BCUT2D eigenvalue weighted by molar-refractivity contribution is -0.145. The van der Waals surface area contributed by atoms with Gasteiger partial charge in [0.15, 0.2) is 0 Å². The normalized spacial score (nSPS) is 17.5. The van der Waals surface area contributed by atoms with E-state index in [9.17, 15) is 29.1 Å². The fourth-order valence-corrected chi connectivity index (χ4v) is 8.12. The summed E-state index contributed by atoms with van der Waals surface area (Å²) in [5.41, 5.74) is 4.25. The van der Waals surface area contributed by atoms with E-state index in [-0.39, 0.29) is 23.6 Å². The van der Waals surface area contributed by atoms with Crippen LogP contribution in [0.3, 0.4) is 0 Å². The number of nitrogens with zero attached hydrogens (tertiary/aromatic N) is 4. The number of benzene rings is 4. The second-order valence-electron chi connectivity index (χ2n) is 16.6. The summed E-state index contributed by atoms with van der Waals surface area (Å²) in [6.07, 6.45) is 1.38. The Bertz CT molecular complexity index is 2110. The van der Waals surface area contributed by atoms with Gasteiger partial charge in [0.05, 0.1) is 5.41 Å². The number of carbonyl (C=O) groups is 5. The molecule has 4 N–H and O–H groups in total. The molecule has 0 bridgehead atoms. The third kappa shape index (κ3) is 10.3. The van der Waals surface area contributed by atoms with Gasteiger partial charge in [-0.2, -0.15) is 0 Å². The predicted octanol–water partition coefficient (Wildman–Crippen LogP) is 6.74. The first kappa shape index (κ1) is 43.4. The molecule has 0 unspecified atom stereocenters. The summed E-state index contributed by atoms with van der Waals surface area (Å²) in [6, 6.07) is 32.9. The second kappa shape index (κ2) is 19.2. The molecule has 0 spiro atoms. The van der Waals surface area contributed by atoms with Crippen molar-refractivity contribution < 1.29 is 29.1 Å². The number of likely N-dealkylation sites (N-methyl/N-ethyl adjacent to an activating group) is 1. The molecule has 2 heterocycles. The topological polar surface area (TPSA) is 155 Å². The molecule has 2 fully saturated rings. The maximum atomic E-state index is 13.8. The van der Waals surface area contributed by atoms with Crippen molar-refractivity contribution in [2.45, 2.75) is 83.7 Å². The van der Waals surface area contributed by atoms with E-state index in [1.165, 1.54) is 0 Å². The zero-order valence-corrected chi connectivity index (χ0v) is 35.1. The van der Waals surface area contributed by atoms with E-state index < -0.39 is 35.7 Å². The van der Waals surface area contributed by atoms with Crippen LogP contribution in [0.15, 0.2) is 109 Å². The Hall–Kier alpha value is -6.21. The van der Waals surface area contributed by atoms with E-state index in [1.54, 1.807) is 30.6 Å². The number of carbonyl (C=O) groups excluding carboxylic acids is 4. The van der Waals surface area contributed by atoms with Crippen molar-refractivity contribution in [1.82, 2.24) is 20.0 Å². The molecule has 0 radical (unpaired) electrons. The highest BCUT2D eigenvalue weighted by Crippen LogP contribution is 2.31. The molecule has 2 saturated heterocycles. The lowest BCUT2D eigenvalue weighted by Gasteiger charge is -2.36. The molecular weight excluding hydrogens is 759 g/mol. The second-order valence-corrected chi connectivity index (χ2v) is 16.6. The fourth-order valence-electron chi connectivity index (χ4n) is 8.12. The van der Waals surface area contributed by atoms with Gasteiger partial charge < -0.3 is 35.8 Å². The van der Waals surface area contributed by atoms with Crippen molar-refractivity contribution >= 4 is 46.8 Å². The molecule has 316 valence electrons. The average molecular weight is 816 g/mol. The highest BCUT2D eigenvalue weighted by molar-refractivity contribution is 5.99. The highest BCUT2D eigenvalue weighted by atomic mass is 16.4. The molecule has 13 nitrogen and oxygen atoms in total. The summed E-state index contributed by atoms with van der Waals surface area (Å²) in [4.78, 5) is 73.1. The summed E-state index contributed by atoms with van der Waals surface area (Å²) in [5, 5.41) is 17.6. The highest BCUT2D eigenvalue weighted by Gasteiger charge is 2.44. The van der Waals surface area contributed by atoms with Crippen LogP contribution in [-0.4, -0.2) is 94.8 Å². The Balaban J connectivity index is 1.07. The number of para-hydroxylation sites is 1. The van der Waals surface area contributed by atoms with Gasteiger partial charge in [0.1, 0.15) is 18.1 Å². The Morgan fingerprint density at radius 3 is 1.65 bits per heavy atom. The van der Waals surface area contributed by atoms with Gasteiger partial charge in [0.2, 0.25) is 23.6 Å². The Kier molecular flexibility index (Phi) is 13.9. The van der Waals surface area contributed by atoms with Crippen molar-refractivity contribution in [3.8, 4) is 0 Å². The fraction of sp³-hybridized carbons (Fsp3) is 0.383. The lowest BCUT2D eigenvalue weighted by atomic mass is 9.83. The van der Waals surface area contributed by atoms with E-state index in [4.69, 9.17) is 0 Å². The lowest BCUT2D eigenvalue weighted by Crippen LogP contribution is -2.54. The molecule has 4 aromatic carbocycles. The maximum absolute atomic E-state index is 13.8. The standard InChI is InChI=1S/C47H57N7O6/c1-32(48-46(59)60)47(2,3)45(58)54-29-13-19-40(54)43(56)50-37-26-22-34(23-27-37)31-52(38-16-10-7-11-17-38)30-33-20-24-36(25-21-33)49-42(55)39-18-12-28-53(39)44(57)41(51(4)5)35-14-8-6-9-15-35/h6-11,14-17,20-27,32,39-41,48H,12-13,18-19,28-31H2,1-5H3,(H,49,55)(H,50,56)(H,59,60)/t32-,39-,40-,41+/m0/s1. The third-order valence-electron chi connectivity index (χ3n) is 11.8. The molecule has 4 aromatic rings. The molecule has 13 heteroatoms. The van der Waals surface area contributed by atoms with E-state index >= 15 is 0 Å². The minimum Gasteiger partial charge on any atom is -0.465 e. The van der Waals surface area contributed by atoms with Gasteiger partial charge in [0.25, 0.3) is 0 Å². The van der Waals surface area contributed by atoms with Gasteiger partial charge in [-0.1, -0.05) is 72.8 Å². The molecule has 5 amide bonds. The Morgan fingerprint density at radius 1 is 0.700 bits per heavy atom. The van der Waals surface area contributed by atoms with Gasteiger partial charge in [-0.15, -0.1) is 0 Å². The van der Waals surface area contributed by atoms with Crippen LogP contribution in [0.1, 0.15) is 69.2 Å². The van der Waals surface area contributed by atoms with Gasteiger partial charge in [0, 0.05) is 49.3 Å². The summed E-state index contributed by atoms with van der Waals surface area (Å²) in [7, 11) is 3.76. The minimum atomic E-state index is -1.20. The summed E-state index contributed by atoms with van der Waals surface area (Å²) >= 11 is 0. The first-order valence-corrected chi connectivity index (χ1v) is 20.6. The molecule has 6 rings (SSSR count). The number of carboxylic acid groups (broad SMARTS) is 1. The van der Waals surface area contributed by atoms with Crippen LogP contribution in [-0.2, 0) is 32.3 Å². The van der Waals surface area contributed by atoms with Gasteiger partial charge in [-0.05, 0) is 114 Å². The number of rotatable bonds is 15. The van der Waals surface area contributed by atoms with Crippen LogP contribution >= 0.6 is 0 Å². The number of hydrogen-bond donors (Lipinski definition) is 4. The molecule has 0 aromatic heterocycles. The van der Waals surface area contributed by atoms with E-state index in [2.05, 4.69) is 33.0 Å². The quantitative estimate of drug-likeness (QED) is 0.103. The third-order valence-corrected chi connectivity index (χ3v) is 11.8. The van der Waals surface area contributed by atoms with Crippen LogP contribution in [0.4, 0.5) is 21.9 Å². The zero-order chi connectivity index (χ0) is 43.0. The number of nitrogens with one attached hydrogen (secondary N) is 3. The van der Waals surface area contributed by atoms with Crippen molar-refractivity contribution in [2.24, 2.45) is 5.41 Å². The molecule has 2 aliphatic rings. The largest absolute Gasteiger partial charge is 0.465 e. The summed E-state index contributed by atoms with van der Waals surface area (Å²) in [6.45, 7) is 7.19. The average Bonchev–Trinajstić information content (AvgIpc) is 3.94. The molecule has 4 atom stereocenters. The maximum Gasteiger partial charge on any atom is 0.404 e. The van der Waals surface area contributed by atoms with Crippen molar-refractivity contribution in [3.05, 3.63) is 126 Å². The summed E-state index contributed by atoms with van der Waals surface area (Å²) in [5.74, 6) is -0.807. The van der Waals surface area contributed by atoms with Crippen LogP contribution in [0.2, 0.25) is 0 Å². The summed E-state index contributed by atoms with van der Waals surface area (Å²) < 4.78 is 0. The van der Waals surface area contributed by atoms with Gasteiger partial charge >= 0.3 is 6.09 Å². The van der Waals surface area contributed by atoms with Gasteiger partial charge in [-0.25, -0.2) is 4.79 Å². The van der Waals surface area contributed by atoms with Crippen molar-refractivity contribution in [2.75, 3.05) is 42.7 Å². The SMILES string of the molecule is C[C@H](NC(=O)O)C(C)(C)C(=O)N1CCC[C@H]1C(=O)Nc1ccc(CN(Cc2ccc(NC(=O)[C@@H]3CCCN3C(=O)[C@@H](c3ccccc3)N(C)C)cc2)c2ccccc2)cc1. The van der Waals surface area contributed by atoms with Crippen LogP contribution < -0.4 is 20.9 Å². The predicted molar refractivity (Wildman–Crippen MR) is 233 cm³/mol. The molecule has 0 saturated carbocycles.